The van der Waals surface area contributed by atoms with Crippen LogP contribution in [0.1, 0.15) is 0 Å². The molecular formula is C16H15N3O5S. The molecule has 0 fully saturated rings. The molecule has 4 rings (SSSR count). The van der Waals surface area contributed by atoms with Crippen molar-refractivity contribution < 1.29 is 18.1 Å². The molecule has 25 heavy (non-hydrogen) atoms. The molecule has 0 spiro atoms. The molecule has 0 atom stereocenters. The number of nitro groups is 1. The van der Waals surface area contributed by atoms with Crippen LogP contribution in [0.25, 0.3) is 0 Å². The average molecular weight is 361 g/mol. The Bertz CT molecular complexity index is 960. The third-order valence-electron chi connectivity index (χ3n) is 4.37. The van der Waals surface area contributed by atoms with Crippen LogP contribution in [0, 0.1) is 10.1 Å². The molecule has 8 nitrogen and oxygen atoms in total. The zero-order chi connectivity index (χ0) is 17.6. The van der Waals surface area contributed by atoms with Gasteiger partial charge in [0.2, 0.25) is 0 Å². The Morgan fingerprint density at radius 3 is 2.68 bits per heavy atom. The van der Waals surface area contributed by atoms with Gasteiger partial charge in [0, 0.05) is 18.7 Å². The van der Waals surface area contributed by atoms with E-state index >= 15 is 0 Å². The predicted octanol–water partition coefficient (Wildman–Crippen LogP) is 2.00. The highest BCUT2D eigenvalue weighted by Crippen LogP contribution is 2.44. The molecule has 0 aromatic heterocycles. The van der Waals surface area contributed by atoms with Crippen LogP contribution < -0.4 is 13.9 Å². The average Bonchev–Trinajstić information content (AvgIpc) is 2.62. The summed E-state index contributed by atoms with van der Waals surface area (Å²) in [6.07, 6.45) is 0. The fourth-order valence-corrected chi connectivity index (χ4v) is 4.72. The highest BCUT2D eigenvalue weighted by atomic mass is 32.2. The fraction of sp³-hybridized carbons (Fsp3) is 0.250. The number of ether oxygens (including phenoxy) is 1. The number of anilines is 2. The van der Waals surface area contributed by atoms with Crippen LogP contribution in [0.15, 0.2) is 47.4 Å². The van der Waals surface area contributed by atoms with Crippen LogP contribution in [-0.2, 0) is 10.0 Å². The van der Waals surface area contributed by atoms with Gasteiger partial charge < -0.3 is 9.64 Å². The first-order valence-corrected chi connectivity index (χ1v) is 9.20. The van der Waals surface area contributed by atoms with E-state index in [4.69, 9.17) is 4.74 Å². The van der Waals surface area contributed by atoms with E-state index in [2.05, 4.69) is 4.90 Å². The Morgan fingerprint density at radius 2 is 1.88 bits per heavy atom. The van der Waals surface area contributed by atoms with Gasteiger partial charge in [-0.05, 0) is 18.2 Å². The second-order valence-corrected chi connectivity index (χ2v) is 7.65. The highest BCUT2D eigenvalue weighted by Gasteiger charge is 2.35. The van der Waals surface area contributed by atoms with E-state index in [0.717, 1.165) is 11.8 Å². The van der Waals surface area contributed by atoms with Gasteiger partial charge in [0.25, 0.3) is 15.7 Å². The van der Waals surface area contributed by atoms with Gasteiger partial charge in [-0.15, -0.1) is 0 Å². The number of nitrogens with zero attached hydrogens (tertiary/aromatic N) is 3. The van der Waals surface area contributed by atoms with Crippen molar-refractivity contribution in [3.05, 3.63) is 52.6 Å². The third kappa shape index (κ3) is 2.47. The van der Waals surface area contributed by atoms with E-state index in [9.17, 15) is 18.5 Å². The largest absolute Gasteiger partial charge is 0.489 e. The molecule has 0 radical (unpaired) electrons. The smallest absolute Gasteiger partial charge is 0.270 e. The molecule has 2 aromatic carbocycles. The molecule has 0 amide bonds. The summed E-state index contributed by atoms with van der Waals surface area (Å²) in [6.45, 7) is 2.09. The summed E-state index contributed by atoms with van der Waals surface area (Å²) < 4.78 is 33.1. The van der Waals surface area contributed by atoms with Crippen molar-refractivity contribution in [2.24, 2.45) is 0 Å². The molecule has 2 aliphatic rings. The van der Waals surface area contributed by atoms with Gasteiger partial charge in [0.05, 0.1) is 28.6 Å². The monoisotopic (exact) mass is 361 g/mol. The summed E-state index contributed by atoms with van der Waals surface area (Å²) in [5.74, 6) is 0.655. The molecule has 0 saturated carbocycles. The number of para-hydroxylation sites is 1. The van der Waals surface area contributed by atoms with Crippen LogP contribution in [0.5, 0.6) is 5.75 Å². The number of hydrogen-bond donors (Lipinski definition) is 0. The molecule has 9 heteroatoms. The minimum absolute atomic E-state index is 0.0931. The van der Waals surface area contributed by atoms with Gasteiger partial charge in [-0.2, -0.15) is 0 Å². The van der Waals surface area contributed by atoms with Gasteiger partial charge in [-0.25, -0.2) is 8.42 Å². The Hall–Kier alpha value is -2.81. The van der Waals surface area contributed by atoms with E-state index < -0.39 is 14.9 Å². The molecule has 0 aliphatic carbocycles. The van der Waals surface area contributed by atoms with Crippen molar-refractivity contribution in [1.29, 1.82) is 0 Å². The van der Waals surface area contributed by atoms with E-state index in [0.29, 0.717) is 31.1 Å². The second kappa shape index (κ2) is 5.62. The second-order valence-electron chi connectivity index (χ2n) is 5.79. The topological polar surface area (TPSA) is 93.0 Å². The molecule has 2 heterocycles. The van der Waals surface area contributed by atoms with E-state index in [1.807, 2.05) is 6.07 Å². The van der Waals surface area contributed by atoms with Crippen LogP contribution in [0.2, 0.25) is 0 Å². The molecule has 0 N–H and O–H groups in total. The summed E-state index contributed by atoms with van der Waals surface area (Å²) in [5, 5.41) is 11.0. The van der Waals surface area contributed by atoms with Crippen molar-refractivity contribution in [3.63, 3.8) is 0 Å². The van der Waals surface area contributed by atoms with Crippen LogP contribution in [0.3, 0.4) is 0 Å². The van der Waals surface area contributed by atoms with E-state index in [1.165, 1.54) is 22.5 Å². The van der Waals surface area contributed by atoms with Gasteiger partial charge in [0.1, 0.15) is 18.0 Å². The summed E-state index contributed by atoms with van der Waals surface area (Å²) in [5.41, 5.74) is 1.04. The SMILES string of the molecule is O=[N+]([O-])c1cccc(S(=O)(=O)N2CCN3CCOc4cccc2c43)c1. The Labute approximate surface area is 144 Å². The Morgan fingerprint density at radius 1 is 1.08 bits per heavy atom. The summed E-state index contributed by atoms with van der Waals surface area (Å²) in [4.78, 5) is 12.4. The standard InChI is InChI=1S/C16H15N3O5S/c20-19(21)12-3-1-4-13(11-12)25(22,23)18-8-7-17-9-10-24-15-6-2-5-14(18)16(15)17/h1-6,11H,7-10H2. The maximum Gasteiger partial charge on any atom is 0.270 e. The number of rotatable bonds is 3. The van der Waals surface area contributed by atoms with E-state index in [1.54, 1.807) is 12.1 Å². The van der Waals surface area contributed by atoms with Crippen molar-refractivity contribution in [2.75, 3.05) is 35.4 Å². The summed E-state index contributed by atoms with van der Waals surface area (Å²) in [7, 11) is -3.91. The Kier molecular flexibility index (Phi) is 3.53. The molecular weight excluding hydrogens is 346 g/mol. The molecule has 2 aromatic rings. The minimum atomic E-state index is -3.91. The first kappa shape index (κ1) is 15.7. The molecule has 2 aliphatic heterocycles. The van der Waals surface area contributed by atoms with Crippen molar-refractivity contribution in [1.82, 2.24) is 0 Å². The van der Waals surface area contributed by atoms with Gasteiger partial charge in [0.15, 0.2) is 0 Å². The van der Waals surface area contributed by atoms with Crippen LogP contribution in [-0.4, -0.2) is 39.6 Å². The van der Waals surface area contributed by atoms with Gasteiger partial charge >= 0.3 is 0 Å². The zero-order valence-electron chi connectivity index (χ0n) is 13.2. The molecule has 0 bridgehead atoms. The zero-order valence-corrected chi connectivity index (χ0v) is 14.0. The van der Waals surface area contributed by atoms with Crippen molar-refractivity contribution >= 4 is 27.1 Å². The van der Waals surface area contributed by atoms with Gasteiger partial charge in [-0.3, -0.25) is 14.4 Å². The number of sulfonamides is 1. The first-order valence-electron chi connectivity index (χ1n) is 7.76. The first-order chi connectivity index (χ1) is 12.0. The van der Waals surface area contributed by atoms with Crippen molar-refractivity contribution in [2.45, 2.75) is 4.90 Å². The fourth-order valence-electron chi connectivity index (χ4n) is 3.21. The van der Waals surface area contributed by atoms with Crippen LogP contribution in [0.4, 0.5) is 17.1 Å². The molecule has 130 valence electrons. The summed E-state index contributed by atoms with van der Waals surface area (Å²) >= 11 is 0. The third-order valence-corrected chi connectivity index (χ3v) is 6.18. The number of non-ortho nitro benzene ring substituents is 1. The van der Waals surface area contributed by atoms with Gasteiger partial charge in [-0.1, -0.05) is 12.1 Å². The molecule has 0 saturated heterocycles. The highest BCUT2D eigenvalue weighted by molar-refractivity contribution is 7.92. The minimum Gasteiger partial charge on any atom is -0.489 e. The number of nitro benzene ring substituents is 1. The lowest BCUT2D eigenvalue weighted by Gasteiger charge is -2.41. The number of hydrogen-bond acceptors (Lipinski definition) is 6. The predicted molar refractivity (Wildman–Crippen MR) is 91.8 cm³/mol. The lowest BCUT2D eigenvalue weighted by Crippen LogP contribution is -2.46. The molecule has 0 unspecified atom stereocenters. The maximum atomic E-state index is 13.1. The maximum absolute atomic E-state index is 13.1. The van der Waals surface area contributed by atoms with Crippen molar-refractivity contribution in [3.8, 4) is 5.75 Å². The summed E-state index contributed by atoms with van der Waals surface area (Å²) in [6, 6.07) is 10.4. The Balaban J connectivity index is 1.82. The normalized spacial score (nSPS) is 16.2. The number of benzene rings is 2. The quantitative estimate of drug-likeness (QED) is 0.613. The van der Waals surface area contributed by atoms with Crippen LogP contribution >= 0.6 is 0 Å². The van der Waals surface area contributed by atoms with E-state index in [-0.39, 0.29) is 17.1 Å². The lowest BCUT2D eigenvalue weighted by atomic mass is 10.1. The lowest BCUT2D eigenvalue weighted by molar-refractivity contribution is -0.385.